The molecule has 0 fully saturated rings. The van der Waals surface area contributed by atoms with Gasteiger partial charge in [-0.3, -0.25) is 0 Å². The van der Waals surface area contributed by atoms with E-state index in [9.17, 15) is 0 Å². The van der Waals surface area contributed by atoms with Gasteiger partial charge >= 0.3 is 0 Å². The van der Waals surface area contributed by atoms with Gasteiger partial charge in [0.1, 0.15) is 0 Å². The fourth-order valence-electron chi connectivity index (χ4n) is 1.69. The van der Waals surface area contributed by atoms with E-state index in [-0.39, 0.29) is 0 Å². The van der Waals surface area contributed by atoms with Crippen LogP contribution in [0.5, 0.6) is 0 Å². The van der Waals surface area contributed by atoms with Crippen molar-refractivity contribution in [2.24, 2.45) is 0 Å². The van der Waals surface area contributed by atoms with Crippen molar-refractivity contribution < 1.29 is 0 Å². The second-order valence-corrected chi connectivity index (χ2v) is 5.04. The maximum absolute atomic E-state index is 3.55. The lowest BCUT2D eigenvalue weighted by Crippen LogP contribution is -2.17. The maximum atomic E-state index is 3.55. The van der Waals surface area contributed by atoms with Crippen molar-refractivity contribution in [2.45, 2.75) is 26.4 Å². The normalized spacial score (nSPS) is 12.6. The minimum atomic E-state index is 0.405. The third-order valence-electron chi connectivity index (χ3n) is 2.84. The molecule has 1 aromatic heterocycles. The van der Waals surface area contributed by atoms with E-state index < -0.39 is 0 Å². The van der Waals surface area contributed by atoms with Gasteiger partial charge in [-0.1, -0.05) is 30.3 Å². The summed E-state index contributed by atoms with van der Waals surface area (Å²) in [5.74, 6) is 0. The van der Waals surface area contributed by atoms with Crippen LogP contribution in [0, 0.1) is 6.92 Å². The van der Waals surface area contributed by atoms with E-state index in [4.69, 9.17) is 0 Å². The first-order valence-electron chi connectivity index (χ1n) is 5.58. The number of aryl methyl sites for hydroxylation is 1. The summed E-state index contributed by atoms with van der Waals surface area (Å²) in [6.07, 6.45) is 0. The van der Waals surface area contributed by atoms with Gasteiger partial charge in [-0.25, -0.2) is 0 Å². The Morgan fingerprint density at radius 3 is 2.56 bits per heavy atom. The third-order valence-corrected chi connectivity index (χ3v) is 3.86. The van der Waals surface area contributed by atoms with Crippen LogP contribution in [-0.4, -0.2) is 0 Å². The first-order chi connectivity index (χ1) is 7.77. The second kappa shape index (κ2) is 5.28. The lowest BCUT2D eigenvalue weighted by molar-refractivity contribution is 0.578. The average molecular weight is 231 g/mol. The first-order valence-corrected chi connectivity index (χ1v) is 6.46. The molecule has 0 radical (unpaired) electrons. The molecule has 2 aromatic rings. The number of hydrogen-bond acceptors (Lipinski definition) is 2. The van der Waals surface area contributed by atoms with Crippen molar-refractivity contribution in [1.29, 1.82) is 0 Å². The monoisotopic (exact) mass is 231 g/mol. The van der Waals surface area contributed by atoms with E-state index >= 15 is 0 Å². The molecule has 1 aromatic carbocycles. The van der Waals surface area contributed by atoms with Crippen molar-refractivity contribution in [3.05, 3.63) is 57.8 Å². The van der Waals surface area contributed by atoms with Crippen LogP contribution in [0.3, 0.4) is 0 Å². The zero-order chi connectivity index (χ0) is 11.4. The minimum Gasteiger partial charge on any atom is -0.305 e. The van der Waals surface area contributed by atoms with Crippen molar-refractivity contribution in [3.63, 3.8) is 0 Å². The molecule has 0 spiro atoms. The Hall–Kier alpha value is -1.12. The molecule has 2 rings (SSSR count). The van der Waals surface area contributed by atoms with Gasteiger partial charge in [0.05, 0.1) is 0 Å². The number of benzene rings is 1. The van der Waals surface area contributed by atoms with E-state index in [0.717, 1.165) is 6.54 Å². The van der Waals surface area contributed by atoms with Gasteiger partial charge in [-0.2, -0.15) is 0 Å². The van der Waals surface area contributed by atoms with Crippen molar-refractivity contribution in [1.82, 2.24) is 5.32 Å². The molecule has 0 aliphatic carbocycles. The molecule has 0 unspecified atom stereocenters. The number of rotatable bonds is 4. The third kappa shape index (κ3) is 2.71. The van der Waals surface area contributed by atoms with Crippen molar-refractivity contribution in [2.75, 3.05) is 0 Å². The Balaban J connectivity index is 1.94. The van der Waals surface area contributed by atoms with Crippen LogP contribution in [0.2, 0.25) is 0 Å². The second-order valence-electron chi connectivity index (χ2n) is 4.04. The summed E-state index contributed by atoms with van der Waals surface area (Å²) in [4.78, 5) is 1.43. The standard InChI is InChI=1S/C14H17NS/c1-11-8-9-16-14(11)10-15-12(2)13-6-4-3-5-7-13/h3-9,12,15H,10H2,1-2H3/t12-/m0/s1. The molecule has 1 N–H and O–H groups in total. The van der Waals surface area contributed by atoms with Crippen molar-refractivity contribution >= 4 is 11.3 Å². The molecule has 0 saturated carbocycles. The zero-order valence-corrected chi connectivity index (χ0v) is 10.6. The topological polar surface area (TPSA) is 12.0 Å². The van der Waals surface area contributed by atoms with Gasteiger partial charge < -0.3 is 5.32 Å². The highest BCUT2D eigenvalue weighted by atomic mass is 32.1. The molecule has 0 aliphatic rings. The predicted molar refractivity (Wildman–Crippen MR) is 70.8 cm³/mol. The molecule has 1 nitrogen and oxygen atoms in total. The lowest BCUT2D eigenvalue weighted by atomic mass is 10.1. The minimum absolute atomic E-state index is 0.405. The Morgan fingerprint density at radius 1 is 1.19 bits per heavy atom. The summed E-state index contributed by atoms with van der Waals surface area (Å²) in [5.41, 5.74) is 2.73. The molecule has 0 bridgehead atoms. The Morgan fingerprint density at radius 2 is 1.94 bits per heavy atom. The molecule has 2 heteroatoms. The van der Waals surface area contributed by atoms with Crippen LogP contribution in [0.15, 0.2) is 41.8 Å². The van der Waals surface area contributed by atoms with E-state index in [1.807, 2.05) is 11.3 Å². The van der Waals surface area contributed by atoms with Crippen LogP contribution >= 0.6 is 11.3 Å². The molecular formula is C14H17NS. The Bertz CT molecular complexity index is 433. The van der Waals surface area contributed by atoms with Gasteiger partial charge in [0, 0.05) is 17.5 Å². The smallest absolute Gasteiger partial charge is 0.0308 e. The van der Waals surface area contributed by atoms with Gasteiger partial charge in [-0.05, 0) is 36.4 Å². The summed E-state index contributed by atoms with van der Waals surface area (Å²) in [5, 5.41) is 5.70. The molecular weight excluding hydrogens is 214 g/mol. The molecule has 84 valence electrons. The molecule has 0 saturated heterocycles. The van der Waals surface area contributed by atoms with E-state index in [2.05, 4.69) is 60.9 Å². The van der Waals surface area contributed by atoms with E-state index in [1.165, 1.54) is 16.0 Å². The molecule has 0 aliphatic heterocycles. The van der Waals surface area contributed by atoms with Gasteiger partial charge in [0.15, 0.2) is 0 Å². The molecule has 1 heterocycles. The van der Waals surface area contributed by atoms with Gasteiger partial charge in [-0.15, -0.1) is 11.3 Å². The SMILES string of the molecule is Cc1ccsc1CN[C@@H](C)c1ccccc1. The summed E-state index contributed by atoms with van der Waals surface area (Å²) in [6, 6.07) is 13.1. The maximum Gasteiger partial charge on any atom is 0.0308 e. The highest BCUT2D eigenvalue weighted by molar-refractivity contribution is 7.10. The number of thiophene rings is 1. The highest BCUT2D eigenvalue weighted by Gasteiger charge is 2.05. The summed E-state index contributed by atoms with van der Waals surface area (Å²) in [7, 11) is 0. The van der Waals surface area contributed by atoms with Crippen LogP contribution < -0.4 is 5.32 Å². The fraction of sp³-hybridized carbons (Fsp3) is 0.286. The summed E-state index contributed by atoms with van der Waals surface area (Å²) < 4.78 is 0. The molecule has 1 atom stereocenters. The van der Waals surface area contributed by atoms with Crippen LogP contribution in [-0.2, 0) is 6.54 Å². The summed E-state index contributed by atoms with van der Waals surface area (Å²) >= 11 is 1.82. The fourth-order valence-corrected chi connectivity index (χ4v) is 2.55. The van der Waals surface area contributed by atoms with Gasteiger partial charge in [0.2, 0.25) is 0 Å². The molecule has 0 amide bonds. The Labute approximate surface area is 101 Å². The molecule has 16 heavy (non-hydrogen) atoms. The van der Waals surface area contributed by atoms with E-state index in [0.29, 0.717) is 6.04 Å². The van der Waals surface area contributed by atoms with Gasteiger partial charge in [0.25, 0.3) is 0 Å². The van der Waals surface area contributed by atoms with Crippen molar-refractivity contribution in [3.8, 4) is 0 Å². The zero-order valence-electron chi connectivity index (χ0n) is 9.73. The van der Waals surface area contributed by atoms with Crippen LogP contribution in [0.4, 0.5) is 0 Å². The van der Waals surface area contributed by atoms with E-state index in [1.54, 1.807) is 0 Å². The van der Waals surface area contributed by atoms with Crippen LogP contribution in [0.1, 0.15) is 29.0 Å². The quantitative estimate of drug-likeness (QED) is 0.841. The summed E-state index contributed by atoms with van der Waals surface area (Å²) in [6.45, 7) is 5.33. The van der Waals surface area contributed by atoms with Crippen LogP contribution in [0.25, 0.3) is 0 Å². The predicted octanol–water partition coefficient (Wildman–Crippen LogP) is 3.91. The Kier molecular flexibility index (Phi) is 3.75. The average Bonchev–Trinajstić information content (AvgIpc) is 2.73. The number of nitrogens with one attached hydrogen (secondary N) is 1. The highest BCUT2D eigenvalue weighted by Crippen LogP contribution is 2.17. The number of hydrogen-bond donors (Lipinski definition) is 1. The largest absolute Gasteiger partial charge is 0.305 e. The lowest BCUT2D eigenvalue weighted by Gasteiger charge is -2.13. The first kappa shape index (κ1) is 11.4.